The van der Waals surface area contributed by atoms with Crippen LogP contribution < -0.4 is 5.32 Å². The molecule has 0 spiro atoms. The number of hydrogen-bond acceptors (Lipinski definition) is 7. The second-order valence-corrected chi connectivity index (χ2v) is 9.51. The van der Waals surface area contributed by atoms with Crippen molar-refractivity contribution >= 4 is 21.9 Å². The zero-order valence-electron chi connectivity index (χ0n) is 20.8. The first-order valence-electron chi connectivity index (χ1n) is 10.9. The molecule has 12 heteroatoms. The van der Waals surface area contributed by atoms with Crippen molar-refractivity contribution in [3.05, 3.63) is 23.6 Å². The summed E-state index contributed by atoms with van der Waals surface area (Å²) in [6, 6.07) is 0. The van der Waals surface area contributed by atoms with E-state index in [1.807, 2.05) is 6.92 Å². The van der Waals surface area contributed by atoms with Crippen molar-refractivity contribution in [2.24, 2.45) is 4.99 Å². The predicted octanol–water partition coefficient (Wildman–Crippen LogP) is 4.49. The van der Waals surface area contributed by atoms with E-state index in [4.69, 9.17) is 18.9 Å². The molecular weight excluding hydrogens is 477 g/mol. The highest BCUT2D eigenvalue weighted by Crippen LogP contribution is 2.28. The Bertz CT molecular complexity index is 731. The SMILES string of the molecule is CCC/C=C(/C=C(\N=C(C)S(C)=O)C(F)(F)F)OCCOCCOCCNC(=O)OC(C)(C)C. The summed E-state index contributed by atoms with van der Waals surface area (Å²) < 4.78 is 72.6. The molecule has 0 aliphatic carbocycles. The fraction of sp³-hybridized carbons (Fsp3) is 0.727. The number of nitrogens with zero attached hydrogens (tertiary/aromatic N) is 1. The van der Waals surface area contributed by atoms with Crippen LogP contribution in [0.15, 0.2) is 28.6 Å². The lowest BCUT2D eigenvalue weighted by Gasteiger charge is -2.19. The molecule has 1 amide bonds. The molecule has 0 rings (SSSR count). The number of allylic oxidation sites excluding steroid dienone is 3. The van der Waals surface area contributed by atoms with Crippen LogP contribution in [-0.2, 0) is 29.7 Å². The van der Waals surface area contributed by atoms with Gasteiger partial charge in [-0.1, -0.05) is 13.3 Å². The fourth-order valence-electron chi connectivity index (χ4n) is 2.07. The van der Waals surface area contributed by atoms with Gasteiger partial charge in [-0.15, -0.1) is 0 Å². The summed E-state index contributed by atoms with van der Waals surface area (Å²) in [5.74, 6) is 0.0145. The third kappa shape index (κ3) is 17.5. The van der Waals surface area contributed by atoms with E-state index in [-0.39, 0.29) is 50.4 Å². The molecule has 8 nitrogen and oxygen atoms in total. The molecule has 0 aliphatic rings. The van der Waals surface area contributed by atoms with Crippen LogP contribution in [-0.4, -0.2) is 73.0 Å². The Kier molecular flexibility index (Phi) is 15.7. The third-order valence-corrected chi connectivity index (χ3v) is 4.60. The summed E-state index contributed by atoms with van der Waals surface area (Å²) >= 11 is 0. The molecule has 1 N–H and O–H groups in total. The van der Waals surface area contributed by atoms with Crippen LogP contribution in [0.3, 0.4) is 0 Å². The summed E-state index contributed by atoms with van der Waals surface area (Å²) in [6.45, 7) is 9.70. The van der Waals surface area contributed by atoms with E-state index < -0.39 is 34.4 Å². The van der Waals surface area contributed by atoms with Gasteiger partial charge in [0, 0.05) is 18.9 Å². The lowest BCUT2D eigenvalue weighted by Crippen LogP contribution is -2.34. The van der Waals surface area contributed by atoms with Crippen molar-refractivity contribution < 1.29 is 41.1 Å². The van der Waals surface area contributed by atoms with E-state index in [1.54, 1.807) is 26.8 Å². The second-order valence-electron chi connectivity index (χ2n) is 8.01. The summed E-state index contributed by atoms with van der Waals surface area (Å²) in [6.07, 6.45) is -0.404. The van der Waals surface area contributed by atoms with Gasteiger partial charge in [0.25, 0.3) is 0 Å². The average Bonchev–Trinajstić information content (AvgIpc) is 2.70. The number of ether oxygens (including phenoxy) is 4. The van der Waals surface area contributed by atoms with Crippen LogP contribution in [0.25, 0.3) is 0 Å². The van der Waals surface area contributed by atoms with E-state index in [0.717, 1.165) is 12.5 Å². The van der Waals surface area contributed by atoms with Crippen LogP contribution in [0.5, 0.6) is 0 Å². The fourth-order valence-corrected chi connectivity index (χ4v) is 2.30. The smallest absolute Gasteiger partial charge is 0.433 e. The van der Waals surface area contributed by atoms with E-state index in [9.17, 15) is 22.2 Å². The molecule has 34 heavy (non-hydrogen) atoms. The number of hydrogen-bond donors (Lipinski definition) is 1. The van der Waals surface area contributed by atoms with Crippen LogP contribution in [0.4, 0.5) is 18.0 Å². The van der Waals surface area contributed by atoms with Crippen molar-refractivity contribution in [3.63, 3.8) is 0 Å². The van der Waals surface area contributed by atoms with E-state index >= 15 is 0 Å². The number of rotatable bonds is 14. The largest absolute Gasteiger partial charge is 0.491 e. The minimum Gasteiger partial charge on any atom is -0.491 e. The zero-order chi connectivity index (χ0) is 26.2. The van der Waals surface area contributed by atoms with Crippen LogP contribution in [0, 0.1) is 0 Å². The molecule has 0 heterocycles. The number of amides is 1. The molecule has 1 atom stereocenters. The Morgan fingerprint density at radius 3 is 2.18 bits per heavy atom. The lowest BCUT2D eigenvalue weighted by molar-refractivity contribution is -0.0926. The first kappa shape index (κ1) is 32.1. The minimum atomic E-state index is -4.72. The number of alkyl halides is 3. The standard InChI is InChI=1S/C22H37F3N2O6S/c1-7-8-9-18(16-19(22(23,24)25)27-17(2)34(6)29)32-15-14-31-13-12-30-11-10-26-20(28)33-21(3,4)5/h9,16H,7-8,10-15H2,1-6H3,(H,26,28)/b18-9-,19-16-,27-17?. The van der Waals surface area contributed by atoms with Crippen molar-refractivity contribution in [1.29, 1.82) is 0 Å². The first-order chi connectivity index (χ1) is 15.8. The number of unbranched alkanes of at least 4 members (excludes halogenated alkanes) is 1. The second kappa shape index (κ2) is 16.7. The van der Waals surface area contributed by atoms with Gasteiger partial charge in [0.05, 0.1) is 37.2 Å². The molecule has 0 fully saturated rings. The van der Waals surface area contributed by atoms with Gasteiger partial charge in [-0.3, -0.25) is 4.21 Å². The lowest BCUT2D eigenvalue weighted by atomic mass is 10.2. The van der Waals surface area contributed by atoms with Gasteiger partial charge in [-0.2, -0.15) is 13.2 Å². The van der Waals surface area contributed by atoms with E-state index in [2.05, 4.69) is 10.3 Å². The minimum absolute atomic E-state index is 0.0145. The van der Waals surface area contributed by atoms with Gasteiger partial charge in [0.15, 0.2) is 0 Å². The monoisotopic (exact) mass is 514 g/mol. The molecule has 0 saturated heterocycles. The number of alkyl carbamates (subject to hydrolysis) is 1. The predicted molar refractivity (Wildman–Crippen MR) is 126 cm³/mol. The maximum absolute atomic E-state index is 13.3. The Morgan fingerprint density at radius 1 is 1.06 bits per heavy atom. The van der Waals surface area contributed by atoms with Crippen LogP contribution >= 0.6 is 0 Å². The summed E-state index contributed by atoms with van der Waals surface area (Å²) in [4.78, 5) is 14.9. The third-order valence-electron chi connectivity index (χ3n) is 3.68. The Labute approximate surface area is 202 Å². The van der Waals surface area contributed by atoms with Gasteiger partial charge in [-0.05, 0) is 40.2 Å². The average molecular weight is 515 g/mol. The van der Waals surface area contributed by atoms with Gasteiger partial charge in [0.1, 0.15) is 28.7 Å². The van der Waals surface area contributed by atoms with E-state index in [0.29, 0.717) is 6.42 Å². The van der Waals surface area contributed by atoms with Crippen molar-refractivity contribution in [3.8, 4) is 0 Å². The summed E-state index contributed by atoms with van der Waals surface area (Å²) in [7, 11) is -1.61. The number of carbonyl (C=O) groups is 1. The van der Waals surface area contributed by atoms with Gasteiger partial charge >= 0.3 is 12.3 Å². The van der Waals surface area contributed by atoms with Crippen molar-refractivity contribution in [2.45, 2.75) is 59.2 Å². The van der Waals surface area contributed by atoms with E-state index in [1.165, 1.54) is 13.2 Å². The maximum atomic E-state index is 13.3. The highest BCUT2D eigenvalue weighted by atomic mass is 32.2. The van der Waals surface area contributed by atoms with Gasteiger partial charge in [0.2, 0.25) is 0 Å². The first-order valence-corrected chi connectivity index (χ1v) is 12.4. The molecule has 0 radical (unpaired) electrons. The number of carbonyl (C=O) groups excluding carboxylic acids is 1. The highest BCUT2D eigenvalue weighted by Gasteiger charge is 2.34. The number of aliphatic imine (C=N–C) groups is 1. The molecule has 198 valence electrons. The number of nitrogens with one attached hydrogen (secondary N) is 1. The Balaban J connectivity index is 4.45. The molecule has 0 aliphatic heterocycles. The quantitative estimate of drug-likeness (QED) is 0.121. The molecule has 0 aromatic carbocycles. The molecule has 1 unspecified atom stereocenters. The molecule has 0 aromatic rings. The molecular formula is C22H37F3N2O6S. The van der Waals surface area contributed by atoms with Crippen molar-refractivity contribution in [1.82, 2.24) is 5.32 Å². The summed E-state index contributed by atoms with van der Waals surface area (Å²) in [5, 5.41) is 2.42. The Morgan fingerprint density at radius 2 is 1.65 bits per heavy atom. The van der Waals surface area contributed by atoms with Gasteiger partial charge < -0.3 is 24.3 Å². The van der Waals surface area contributed by atoms with Crippen molar-refractivity contribution in [2.75, 3.05) is 45.8 Å². The maximum Gasteiger partial charge on any atom is 0.433 e. The van der Waals surface area contributed by atoms with Crippen LogP contribution in [0.1, 0.15) is 47.5 Å². The molecule has 0 aromatic heterocycles. The summed E-state index contributed by atoms with van der Waals surface area (Å²) in [5.41, 5.74) is -1.75. The number of halogens is 3. The normalized spacial score (nSPS) is 14.7. The Hall–Kier alpha value is -1.92. The highest BCUT2D eigenvalue weighted by molar-refractivity contribution is 7.99. The molecule has 0 saturated carbocycles. The van der Waals surface area contributed by atoms with Crippen LogP contribution in [0.2, 0.25) is 0 Å². The molecule has 0 bridgehead atoms. The van der Waals surface area contributed by atoms with Gasteiger partial charge in [-0.25, -0.2) is 9.79 Å². The zero-order valence-corrected chi connectivity index (χ0v) is 21.6. The topological polar surface area (TPSA) is 95.5 Å².